The topological polar surface area (TPSA) is 20.2 Å². The van der Waals surface area contributed by atoms with Crippen LogP contribution < -0.4 is 0 Å². The fourth-order valence-corrected chi connectivity index (χ4v) is 2.82. The van der Waals surface area contributed by atoms with Gasteiger partial charge >= 0.3 is 0 Å². The summed E-state index contributed by atoms with van der Waals surface area (Å²) in [6.07, 6.45) is 3.18. The molecular weight excluding hydrogens is 260 g/mol. The molecule has 1 aliphatic rings. The summed E-state index contributed by atoms with van der Waals surface area (Å²) >= 11 is 7.15. The molecule has 0 spiro atoms. The van der Waals surface area contributed by atoms with Crippen molar-refractivity contribution in [1.29, 1.82) is 0 Å². The van der Waals surface area contributed by atoms with E-state index in [9.17, 15) is 0 Å². The lowest BCUT2D eigenvalue weighted by Crippen LogP contribution is -2.03. The van der Waals surface area contributed by atoms with Crippen molar-refractivity contribution >= 4 is 31.9 Å². The van der Waals surface area contributed by atoms with Gasteiger partial charge in [0.1, 0.15) is 0 Å². The molecule has 0 aliphatic heterocycles. The number of halogens is 2. The zero-order valence-electron chi connectivity index (χ0n) is 6.03. The summed E-state index contributed by atoms with van der Waals surface area (Å²) in [7, 11) is 0. The molecule has 60 valence electrons. The minimum Gasteiger partial charge on any atom is -0.396 e. The van der Waals surface area contributed by atoms with Gasteiger partial charge in [0.25, 0.3) is 0 Å². The van der Waals surface area contributed by atoms with Gasteiger partial charge in [0.05, 0.1) is 3.23 Å². The van der Waals surface area contributed by atoms with Crippen LogP contribution in [0.2, 0.25) is 0 Å². The minimum absolute atomic E-state index is 0.169. The van der Waals surface area contributed by atoms with Gasteiger partial charge in [-0.15, -0.1) is 0 Å². The molecule has 1 saturated carbocycles. The van der Waals surface area contributed by atoms with Crippen LogP contribution in [0.1, 0.15) is 26.2 Å². The average Bonchev–Trinajstić information content (AvgIpc) is 2.29. The third-order valence-electron chi connectivity index (χ3n) is 2.26. The Balaban J connectivity index is 2.30. The van der Waals surface area contributed by atoms with Gasteiger partial charge in [-0.1, -0.05) is 38.8 Å². The zero-order valence-corrected chi connectivity index (χ0v) is 9.20. The second-order valence-electron chi connectivity index (χ2n) is 3.27. The van der Waals surface area contributed by atoms with E-state index in [-0.39, 0.29) is 3.23 Å². The second-order valence-corrected chi connectivity index (χ2v) is 7.04. The molecule has 0 radical (unpaired) electrons. The SMILES string of the molecule is CC1(CCCO)CC1(Br)Br. The highest BCUT2D eigenvalue weighted by Gasteiger charge is 2.60. The highest BCUT2D eigenvalue weighted by atomic mass is 79.9. The lowest BCUT2D eigenvalue weighted by Gasteiger charge is -2.09. The highest BCUT2D eigenvalue weighted by Crippen LogP contribution is 2.68. The van der Waals surface area contributed by atoms with Crippen molar-refractivity contribution in [2.45, 2.75) is 29.4 Å². The van der Waals surface area contributed by atoms with Crippen molar-refractivity contribution in [1.82, 2.24) is 0 Å². The van der Waals surface area contributed by atoms with Crippen LogP contribution in [0, 0.1) is 5.41 Å². The summed E-state index contributed by atoms with van der Waals surface area (Å²) in [6.45, 7) is 2.54. The van der Waals surface area contributed by atoms with E-state index in [2.05, 4.69) is 38.8 Å². The van der Waals surface area contributed by atoms with Crippen LogP contribution in [-0.4, -0.2) is 14.9 Å². The standard InChI is InChI=1S/C7H12Br2O/c1-6(3-2-4-10)5-7(6,8)9/h10H,2-5H2,1H3. The van der Waals surface area contributed by atoms with Crippen LogP contribution in [-0.2, 0) is 0 Å². The Bertz CT molecular complexity index is 136. The van der Waals surface area contributed by atoms with E-state index in [0.29, 0.717) is 12.0 Å². The maximum absolute atomic E-state index is 8.60. The van der Waals surface area contributed by atoms with Crippen LogP contribution >= 0.6 is 31.9 Å². The van der Waals surface area contributed by atoms with Gasteiger partial charge in [0.15, 0.2) is 0 Å². The molecular formula is C7H12Br2O. The zero-order chi connectivity index (χ0) is 7.83. The molecule has 1 atom stereocenters. The summed E-state index contributed by atoms with van der Waals surface area (Å²) in [5.74, 6) is 0. The van der Waals surface area contributed by atoms with Gasteiger partial charge in [-0.2, -0.15) is 0 Å². The van der Waals surface area contributed by atoms with E-state index in [4.69, 9.17) is 5.11 Å². The summed E-state index contributed by atoms with van der Waals surface area (Å²) in [5.41, 5.74) is 0.371. The van der Waals surface area contributed by atoms with Gasteiger partial charge in [0.2, 0.25) is 0 Å². The van der Waals surface area contributed by atoms with Crippen LogP contribution in [0.3, 0.4) is 0 Å². The Labute approximate surface area is 78.5 Å². The number of aliphatic hydroxyl groups is 1. The van der Waals surface area contributed by atoms with Gasteiger partial charge in [0, 0.05) is 6.61 Å². The third kappa shape index (κ3) is 1.56. The summed E-state index contributed by atoms with van der Waals surface area (Å²) in [6, 6.07) is 0. The van der Waals surface area contributed by atoms with Crippen molar-refractivity contribution in [3.63, 3.8) is 0 Å². The highest BCUT2D eigenvalue weighted by molar-refractivity contribution is 9.25. The molecule has 0 aromatic rings. The summed E-state index contributed by atoms with van der Waals surface area (Å²) < 4.78 is 0.169. The predicted molar refractivity (Wildman–Crippen MR) is 49.6 cm³/mol. The first kappa shape index (κ1) is 9.01. The number of hydrogen-bond donors (Lipinski definition) is 1. The van der Waals surface area contributed by atoms with E-state index in [1.807, 2.05) is 0 Å². The molecule has 1 fully saturated rings. The van der Waals surface area contributed by atoms with Crippen LogP contribution in [0.15, 0.2) is 0 Å². The minimum atomic E-state index is 0.169. The molecule has 0 bridgehead atoms. The van der Waals surface area contributed by atoms with Crippen LogP contribution in [0.4, 0.5) is 0 Å². The van der Waals surface area contributed by atoms with E-state index >= 15 is 0 Å². The van der Waals surface area contributed by atoms with Crippen molar-refractivity contribution in [3.05, 3.63) is 0 Å². The fourth-order valence-electron chi connectivity index (χ4n) is 1.19. The van der Waals surface area contributed by atoms with E-state index in [1.165, 1.54) is 6.42 Å². The largest absolute Gasteiger partial charge is 0.396 e. The van der Waals surface area contributed by atoms with Crippen LogP contribution in [0.5, 0.6) is 0 Å². The van der Waals surface area contributed by atoms with E-state index in [0.717, 1.165) is 12.8 Å². The first-order chi connectivity index (χ1) is 4.52. The van der Waals surface area contributed by atoms with E-state index < -0.39 is 0 Å². The normalized spacial score (nSPS) is 36.0. The predicted octanol–water partition coefficient (Wildman–Crippen LogP) is 2.66. The molecule has 1 N–H and O–H groups in total. The molecule has 1 aliphatic carbocycles. The molecule has 0 amide bonds. The molecule has 10 heavy (non-hydrogen) atoms. The molecule has 0 aromatic heterocycles. The van der Waals surface area contributed by atoms with Gasteiger partial charge in [-0.25, -0.2) is 0 Å². The molecule has 3 heteroatoms. The maximum Gasteiger partial charge on any atom is 0.0865 e. The Kier molecular flexibility index (Phi) is 2.48. The monoisotopic (exact) mass is 270 g/mol. The second kappa shape index (κ2) is 2.76. The molecule has 1 rings (SSSR count). The number of alkyl halides is 2. The Morgan fingerprint density at radius 1 is 1.50 bits per heavy atom. The first-order valence-electron chi connectivity index (χ1n) is 3.50. The first-order valence-corrected chi connectivity index (χ1v) is 5.09. The van der Waals surface area contributed by atoms with Crippen molar-refractivity contribution in [3.8, 4) is 0 Å². The lowest BCUT2D eigenvalue weighted by molar-refractivity contribution is 0.270. The van der Waals surface area contributed by atoms with Crippen LogP contribution in [0.25, 0.3) is 0 Å². The smallest absolute Gasteiger partial charge is 0.0865 e. The molecule has 0 aromatic carbocycles. The molecule has 1 unspecified atom stereocenters. The third-order valence-corrected chi connectivity index (χ3v) is 4.73. The molecule has 1 nitrogen and oxygen atoms in total. The Hall–Kier alpha value is 0.920. The van der Waals surface area contributed by atoms with Crippen molar-refractivity contribution in [2.75, 3.05) is 6.61 Å². The Morgan fingerprint density at radius 3 is 2.30 bits per heavy atom. The number of hydrogen-bond acceptors (Lipinski definition) is 1. The molecule has 0 heterocycles. The van der Waals surface area contributed by atoms with Gasteiger partial charge < -0.3 is 5.11 Å². The lowest BCUT2D eigenvalue weighted by atomic mass is 10.0. The van der Waals surface area contributed by atoms with Gasteiger partial charge in [-0.3, -0.25) is 0 Å². The fraction of sp³-hybridized carbons (Fsp3) is 1.00. The number of aliphatic hydroxyl groups excluding tert-OH is 1. The average molecular weight is 272 g/mol. The maximum atomic E-state index is 8.60. The van der Waals surface area contributed by atoms with Gasteiger partial charge in [-0.05, 0) is 24.7 Å². The summed E-state index contributed by atoms with van der Waals surface area (Å²) in [4.78, 5) is 0. The quantitative estimate of drug-likeness (QED) is 0.783. The van der Waals surface area contributed by atoms with E-state index in [1.54, 1.807) is 0 Å². The Morgan fingerprint density at radius 2 is 2.00 bits per heavy atom. The summed E-state index contributed by atoms with van der Waals surface area (Å²) in [5, 5.41) is 8.60. The van der Waals surface area contributed by atoms with Crippen molar-refractivity contribution in [2.24, 2.45) is 5.41 Å². The van der Waals surface area contributed by atoms with Crippen molar-refractivity contribution < 1.29 is 5.11 Å². The number of rotatable bonds is 3. The molecule has 0 saturated heterocycles.